The monoisotopic (exact) mass is 395 g/mol. The quantitative estimate of drug-likeness (QED) is 0.638. The molecule has 0 saturated carbocycles. The van der Waals surface area contributed by atoms with E-state index in [0.717, 1.165) is 10.8 Å². The largest absolute Gasteiger partial charge is 0.496 e. The number of fused-ring (bicyclic) bond motifs is 1. The second-order valence-electron chi connectivity index (χ2n) is 6.10. The van der Waals surface area contributed by atoms with E-state index in [1.165, 1.54) is 40.6 Å². The number of benzene rings is 3. The molecule has 0 radical (unpaired) electrons. The van der Waals surface area contributed by atoms with Crippen molar-refractivity contribution in [3.05, 3.63) is 59.7 Å². The Morgan fingerprint density at radius 2 is 1.31 bits per heavy atom. The number of carbonyl (C=O) groups excluding carboxylic acids is 2. The number of hydrogen-bond acceptors (Lipinski definition) is 6. The van der Waals surface area contributed by atoms with Crippen LogP contribution in [0.15, 0.2) is 48.5 Å². The third-order valence-electron chi connectivity index (χ3n) is 4.49. The van der Waals surface area contributed by atoms with Gasteiger partial charge in [-0.1, -0.05) is 24.3 Å². The first kappa shape index (κ1) is 20.0. The van der Waals surface area contributed by atoms with Gasteiger partial charge in [0, 0.05) is 12.1 Å². The maximum absolute atomic E-state index is 13.0. The first-order valence-electron chi connectivity index (χ1n) is 8.74. The summed E-state index contributed by atoms with van der Waals surface area (Å²) in [5.41, 5.74) is 0.699. The molecular formula is C22H21NO6. The van der Waals surface area contributed by atoms with Gasteiger partial charge in [0.2, 0.25) is 0 Å². The summed E-state index contributed by atoms with van der Waals surface area (Å²) in [6.07, 6.45) is 0. The van der Waals surface area contributed by atoms with Crippen molar-refractivity contribution in [3.63, 3.8) is 0 Å². The summed E-state index contributed by atoms with van der Waals surface area (Å²) in [7, 11) is 5.68. The summed E-state index contributed by atoms with van der Waals surface area (Å²) in [6.45, 7) is 0. The van der Waals surface area contributed by atoms with Gasteiger partial charge in [0.05, 0.1) is 45.3 Å². The molecule has 0 saturated heterocycles. The van der Waals surface area contributed by atoms with E-state index >= 15 is 0 Å². The minimum absolute atomic E-state index is 0.137. The van der Waals surface area contributed by atoms with Crippen LogP contribution in [-0.2, 0) is 4.74 Å². The SMILES string of the molecule is COC(=O)c1cc(OC)c(OC)cc1NC(=O)c1cc2ccccc2cc1OC. The zero-order chi connectivity index (χ0) is 21.0. The number of carbonyl (C=O) groups is 2. The fraction of sp³-hybridized carbons (Fsp3) is 0.182. The Morgan fingerprint density at radius 3 is 1.90 bits per heavy atom. The van der Waals surface area contributed by atoms with Crippen molar-refractivity contribution in [2.75, 3.05) is 33.8 Å². The first-order valence-corrected chi connectivity index (χ1v) is 8.74. The second-order valence-corrected chi connectivity index (χ2v) is 6.10. The standard InChI is InChI=1S/C22H21NO6/c1-26-18-10-14-8-6-5-7-13(14)9-16(18)21(24)23-17-12-20(28-3)19(27-2)11-15(17)22(25)29-4/h5-12H,1-4H3,(H,23,24). The Balaban J connectivity index is 2.06. The van der Waals surface area contributed by atoms with E-state index in [-0.39, 0.29) is 11.3 Å². The van der Waals surface area contributed by atoms with E-state index < -0.39 is 11.9 Å². The molecule has 0 aliphatic carbocycles. The van der Waals surface area contributed by atoms with E-state index in [0.29, 0.717) is 22.8 Å². The van der Waals surface area contributed by atoms with Crippen molar-refractivity contribution in [1.82, 2.24) is 0 Å². The van der Waals surface area contributed by atoms with E-state index in [9.17, 15) is 9.59 Å². The van der Waals surface area contributed by atoms with Crippen LogP contribution < -0.4 is 19.5 Å². The minimum atomic E-state index is -0.619. The van der Waals surface area contributed by atoms with Crippen molar-refractivity contribution in [2.24, 2.45) is 0 Å². The Kier molecular flexibility index (Phi) is 5.87. The predicted octanol–water partition coefficient (Wildman–Crippen LogP) is 3.90. The molecule has 0 heterocycles. The molecule has 0 aliphatic heterocycles. The van der Waals surface area contributed by atoms with Crippen LogP contribution in [0.1, 0.15) is 20.7 Å². The normalized spacial score (nSPS) is 10.3. The van der Waals surface area contributed by atoms with Gasteiger partial charge >= 0.3 is 5.97 Å². The summed E-state index contributed by atoms with van der Waals surface area (Å²) in [6, 6.07) is 14.1. The van der Waals surface area contributed by atoms with E-state index in [2.05, 4.69) is 5.32 Å². The van der Waals surface area contributed by atoms with Gasteiger partial charge in [-0.25, -0.2) is 4.79 Å². The van der Waals surface area contributed by atoms with Gasteiger partial charge in [-0.15, -0.1) is 0 Å². The van der Waals surface area contributed by atoms with Crippen molar-refractivity contribution in [1.29, 1.82) is 0 Å². The Labute approximate surface area is 168 Å². The van der Waals surface area contributed by atoms with E-state index in [4.69, 9.17) is 18.9 Å². The maximum atomic E-state index is 13.0. The zero-order valence-electron chi connectivity index (χ0n) is 16.6. The molecule has 7 heteroatoms. The smallest absolute Gasteiger partial charge is 0.340 e. The topological polar surface area (TPSA) is 83.1 Å². The van der Waals surface area contributed by atoms with Crippen LogP contribution in [0.3, 0.4) is 0 Å². The van der Waals surface area contributed by atoms with E-state index in [1.807, 2.05) is 24.3 Å². The van der Waals surface area contributed by atoms with Crippen molar-refractivity contribution in [3.8, 4) is 17.2 Å². The Morgan fingerprint density at radius 1 is 0.724 bits per heavy atom. The van der Waals surface area contributed by atoms with Crippen LogP contribution in [0.25, 0.3) is 10.8 Å². The molecule has 0 atom stereocenters. The Bertz CT molecular complexity index is 1080. The van der Waals surface area contributed by atoms with Crippen LogP contribution in [0.5, 0.6) is 17.2 Å². The number of ether oxygens (including phenoxy) is 4. The van der Waals surface area contributed by atoms with Crippen LogP contribution in [0.4, 0.5) is 5.69 Å². The van der Waals surface area contributed by atoms with Gasteiger partial charge in [-0.2, -0.15) is 0 Å². The highest BCUT2D eigenvalue weighted by Crippen LogP contribution is 2.34. The lowest BCUT2D eigenvalue weighted by molar-refractivity contribution is 0.0601. The first-order chi connectivity index (χ1) is 14.0. The molecule has 0 bridgehead atoms. The van der Waals surface area contributed by atoms with Crippen LogP contribution in [0.2, 0.25) is 0 Å². The maximum Gasteiger partial charge on any atom is 0.340 e. The number of nitrogens with one attached hydrogen (secondary N) is 1. The summed E-state index contributed by atoms with van der Waals surface area (Å²) in [4.78, 5) is 25.3. The number of amides is 1. The lowest BCUT2D eigenvalue weighted by Gasteiger charge is -2.16. The molecule has 150 valence electrons. The van der Waals surface area contributed by atoms with E-state index in [1.54, 1.807) is 12.1 Å². The summed E-state index contributed by atoms with van der Waals surface area (Å²) in [5.74, 6) is 0.0631. The van der Waals surface area contributed by atoms with Crippen LogP contribution in [-0.4, -0.2) is 40.3 Å². The van der Waals surface area contributed by atoms with Gasteiger partial charge in [0.1, 0.15) is 5.75 Å². The lowest BCUT2D eigenvalue weighted by Crippen LogP contribution is -2.16. The van der Waals surface area contributed by atoms with Crippen LogP contribution >= 0.6 is 0 Å². The second kappa shape index (κ2) is 8.52. The molecule has 0 aliphatic rings. The highest BCUT2D eigenvalue weighted by Gasteiger charge is 2.21. The lowest BCUT2D eigenvalue weighted by atomic mass is 10.0. The third kappa shape index (κ3) is 3.94. The summed E-state index contributed by atoms with van der Waals surface area (Å²) in [5, 5.41) is 4.59. The third-order valence-corrected chi connectivity index (χ3v) is 4.49. The fourth-order valence-electron chi connectivity index (χ4n) is 3.02. The molecule has 3 aromatic carbocycles. The van der Waals surface area contributed by atoms with Gasteiger partial charge in [-0.05, 0) is 22.9 Å². The molecule has 29 heavy (non-hydrogen) atoms. The predicted molar refractivity (Wildman–Crippen MR) is 109 cm³/mol. The van der Waals surface area contributed by atoms with Gasteiger partial charge in [0.15, 0.2) is 11.5 Å². The summed E-state index contributed by atoms with van der Waals surface area (Å²) < 4.78 is 20.7. The molecular weight excluding hydrogens is 374 g/mol. The Hall–Kier alpha value is -3.74. The average Bonchev–Trinajstić information content (AvgIpc) is 2.77. The molecule has 3 rings (SSSR count). The minimum Gasteiger partial charge on any atom is -0.496 e. The molecule has 0 fully saturated rings. The molecule has 3 aromatic rings. The fourth-order valence-corrected chi connectivity index (χ4v) is 3.02. The van der Waals surface area contributed by atoms with Crippen molar-refractivity contribution >= 4 is 28.3 Å². The molecule has 0 unspecified atom stereocenters. The number of hydrogen-bond donors (Lipinski definition) is 1. The number of rotatable bonds is 6. The van der Waals surface area contributed by atoms with Gasteiger partial charge < -0.3 is 24.3 Å². The van der Waals surface area contributed by atoms with Crippen LogP contribution in [0, 0.1) is 0 Å². The number of methoxy groups -OCH3 is 4. The molecule has 1 N–H and O–H groups in total. The summed E-state index contributed by atoms with van der Waals surface area (Å²) >= 11 is 0. The average molecular weight is 395 g/mol. The highest BCUT2D eigenvalue weighted by molar-refractivity contribution is 6.11. The molecule has 0 aromatic heterocycles. The van der Waals surface area contributed by atoms with Crippen molar-refractivity contribution in [2.45, 2.75) is 0 Å². The van der Waals surface area contributed by atoms with Crippen molar-refractivity contribution < 1.29 is 28.5 Å². The highest BCUT2D eigenvalue weighted by atomic mass is 16.5. The number of esters is 1. The number of anilines is 1. The zero-order valence-corrected chi connectivity index (χ0v) is 16.6. The van der Waals surface area contributed by atoms with Gasteiger partial charge in [-0.3, -0.25) is 4.79 Å². The molecule has 0 spiro atoms. The molecule has 7 nitrogen and oxygen atoms in total. The van der Waals surface area contributed by atoms with Gasteiger partial charge in [0.25, 0.3) is 5.91 Å². The molecule has 1 amide bonds.